The zero-order valence-corrected chi connectivity index (χ0v) is 17.4. The number of hydrogen-bond acceptors (Lipinski definition) is 4. The van der Waals surface area contributed by atoms with Crippen LogP contribution in [0, 0.1) is 0 Å². The lowest BCUT2D eigenvalue weighted by molar-refractivity contribution is -0.137. The van der Waals surface area contributed by atoms with Gasteiger partial charge in [0.05, 0.1) is 0 Å². The van der Waals surface area contributed by atoms with E-state index in [0.29, 0.717) is 0 Å². The molecular formula is C20H40N4O2. The summed E-state index contributed by atoms with van der Waals surface area (Å²) >= 11 is 0. The van der Waals surface area contributed by atoms with E-state index < -0.39 is 0 Å². The second kappa shape index (κ2) is 13.1. The molecule has 1 aliphatic rings. The van der Waals surface area contributed by atoms with Crippen molar-refractivity contribution in [2.45, 2.75) is 78.3 Å². The zero-order chi connectivity index (χ0) is 19.4. The standard InChI is InChI=1S/C20H40N4O2/c1-5-23(6-2)15-11-9-13-17-19(25)22-18(20(26)21-17)14-10-12-16-24(7-3)8-4/h17-18H,5-16H2,1-4H3,(H,21,26)(H,22,25). The summed E-state index contributed by atoms with van der Waals surface area (Å²) in [6.45, 7) is 15.0. The maximum atomic E-state index is 12.3. The lowest BCUT2D eigenvalue weighted by atomic mass is 10.0. The van der Waals surface area contributed by atoms with Gasteiger partial charge >= 0.3 is 0 Å². The van der Waals surface area contributed by atoms with E-state index in [2.05, 4.69) is 48.1 Å². The maximum absolute atomic E-state index is 12.3. The maximum Gasteiger partial charge on any atom is 0.243 e. The third-order valence-electron chi connectivity index (χ3n) is 5.49. The van der Waals surface area contributed by atoms with Crippen LogP contribution in [0.2, 0.25) is 0 Å². The fourth-order valence-electron chi connectivity index (χ4n) is 3.53. The van der Waals surface area contributed by atoms with Gasteiger partial charge in [-0.15, -0.1) is 0 Å². The van der Waals surface area contributed by atoms with Gasteiger partial charge in [-0.3, -0.25) is 9.59 Å². The molecule has 2 atom stereocenters. The van der Waals surface area contributed by atoms with E-state index in [9.17, 15) is 9.59 Å². The summed E-state index contributed by atoms with van der Waals surface area (Å²) in [4.78, 5) is 29.3. The van der Waals surface area contributed by atoms with Crippen molar-refractivity contribution in [2.24, 2.45) is 0 Å². The van der Waals surface area contributed by atoms with Crippen LogP contribution in [-0.2, 0) is 9.59 Å². The van der Waals surface area contributed by atoms with Crippen molar-refractivity contribution in [1.82, 2.24) is 20.4 Å². The third-order valence-corrected chi connectivity index (χ3v) is 5.49. The highest BCUT2D eigenvalue weighted by molar-refractivity contribution is 5.96. The van der Waals surface area contributed by atoms with Crippen LogP contribution in [0.4, 0.5) is 0 Å². The van der Waals surface area contributed by atoms with Gasteiger partial charge in [-0.1, -0.05) is 27.7 Å². The van der Waals surface area contributed by atoms with Crippen LogP contribution in [0.15, 0.2) is 0 Å². The molecule has 0 aromatic heterocycles. The molecule has 0 radical (unpaired) electrons. The Balaban J connectivity index is 2.24. The van der Waals surface area contributed by atoms with Crippen molar-refractivity contribution in [2.75, 3.05) is 39.3 Å². The van der Waals surface area contributed by atoms with Crippen molar-refractivity contribution in [1.29, 1.82) is 0 Å². The molecule has 1 rings (SSSR count). The Morgan fingerprint density at radius 1 is 0.654 bits per heavy atom. The molecule has 6 nitrogen and oxygen atoms in total. The first-order chi connectivity index (χ1) is 12.5. The number of carbonyl (C=O) groups excluding carboxylic acids is 2. The van der Waals surface area contributed by atoms with Crippen molar-refractivity contribution in [3.8, 4) is 0 Å². The predicted molar refractivity (Wildman–Crippen MR) is 107 cm³/mol. The minimum Gasteiger partial charge on any atom is -0.343 e. The number of rotatable bonds is 14. The summed E-state index contributed by atoms with van der Waals surface area (Å²) < 4.78 is 0. The minimum atomic E-state index is -0.355. The average Bonchev–Trinajstić information content (AvgIpc) is 2.65. The quantitative estimate of drug-likeness (QED) is 0.460. The van der Waals surface area contributed by atoms with E-state index in [-0.39, 0.29) is 23.9 Å². The van der Waals surface area contributed by atoms with Crippen LogP contribution in [0.25, 0.3) is 0 Å². The molecule has 1 aliphatic heterocycles. The molecule has 0 aromatic carbocycles. The van der Waals surface area contributed by atoms with Crippen LogP contribution in [0.3, 0.4) is 0 Å². The fraction of sp³-hybridized carbons (Fsp3) is 0.900. The second-order valence-corrected chi connectivity index (χ2v) is 7.17. The number of nitrogens with one attached hydrogen (secondary N) is 2. The lowest BCUT2D eigenvalue weighted by Crippen LogP contribution is -2.61. The van der Waals surface area contributed by atoms with Crippen LogP contribution in [-0.4, -0.2) is 73.0 Å². The molecule has 1 heterocycles. The topological polar surface area (TPSA) is 64.7 Å². The Bertz CT molecular complexity index is 371. The summed E-state index contributed by atoms with van der Waals surface area (Å²) in [6, 6.07) is -0.711. The number of nitrogens with zero attached hydrogens (tertiary/aromatic N) is 2. The molecule has 2 N–H and O–H groups in total. The summed E-state index contributed by atoms with van der Waals surface area (Å²) in [5, 5.41) is 5.86. The molecule has 0 aromatic rings. The van der Waals surface area contributed by atoms with Crippen LogP contribution < -0.4 is 10.6 Å². The van der Waals surface area contributed by atoms with E-state index >= 15 is 0 Å². The highest BCUT2D eigenvalue weighted by atomic mass is 16.2. The van der Waals surface area contributed by atoms with Crippen molar-refractivity contribution in [3.63, 3.8) is 0 Å². The van der Waals surface area contributed by atoms with E-state index in [1.54, 1.807) is 0 Å². The summed E-state index contributed by atoms with van der Waals surface area (Å²) in [5.41, 5.74) is 0. The Morgan fingerprint density at radius 2 is 1.00 bits per heavy atom. The molecular weight excluding hydrogens is 328 g/mol. The Labute approximate surface area is 160 Å². The molecule has 6 heteroatoms. The molecule has 0 bridgehead atoms. The van der Waals surface area contributed by atoms with Gasteiger partial charge < -0.3 is 20.4 Å². The minimum absolute atomic E-state index is 0.0128. The Morgan fingerprint density at radius 3 is 1.31 bits per heavy atom. The largest absolute Gasteiger partial charge is 0.343 e. The molecule has 0 spiro atoms. The molecule has 2 unspecified atom stereocenters. The number of amides is 2. The van der Waals surface area contributed by atoms with E-state index in [1.165, 1.54) is 0 Å². The predicted octanol–water partition coefficient (Wildman–Crippen LogP) is 1.99. The van der Waals surface area contributed by atoms with Crippen molar-refractivity contribution < 1.29 is 9.59 Å². The zero-order valence-electron chi connectivity index (χ0n) is 17.4. The van der Waals surface area contributed by atoms with Crippen LogP contribution in [0.1, 0.15) is 66.2 Å². The fourth-order valence-corrected chi connectivity index (χ4v) is 3.53. The van der Waals surface area contributed by atoms with Gasteiger partial charge in [-0.25, -0.2) is 0 Å². The number of unbranched alkanes of at least 4 members (excludes halogenated alkanes) is 2. The van der Waals surface area contributed by atoms with Crippen molar-refractivity contribution in [3.05, 3.63) is 0 Å². The first-order valence-corrected chi connectivity index (χ1v) is 10.6. The van der Waals surface area contributed by atoms with E-state index in [0.717, 1.165) is 77.8 Å². The summed E-state index contributed by atoms with van der Waals surface area (Å²) in [7, 11) is 0. The Kier molecular flexibility index (Phi) is 11.5. The molecule has 0 saturated carbocycles. The first-order valence-electron chi connectivity index (χ1n) is 10.6. The lowest BCUT2D eigenvalue weighted by Gasteiger charge is -2.30. The molecule has 2 amide bonds. The SMILES string of the molecule is CCN(CC)CCCCC1NC(=O)C(CCCCN(CC)CC)NC1=O. The van der Waals surface area contributed by atoms with Crippen LogP contribution >= 0.6 is 0 Å². The summed E-state index contributed by atoms with van der Waals surface area (Å²) in [5.74, 6) is -0.0256. The number of piperazine rings is 1. The van der Waals surface area contributed by atoms with Gasteiger partial charge in [0.25, 0.3) is 0 Å². The van der Waals surface area contributed by atoms with E-state index in [1.807, 2.05) is 0 Å². The normalized spacial score (nSPS) is 20.5. The third kappa shape index (κ3) is 8.04. The van der Waals surface area contributed by atoms with Gasteiger partial charge in [0.1, 0.15) is 12.1 Å². The molecule has 1 saturated heterocycles. The number of hydrogen-bond donors (Lipinski definition) is 2. The molecule has 152 valence electrons. The molecule has 0 aliphatic carbocycles. The highest BCUT2D eigenvalue weighted by Crippen LogP contribution is 2.11. The first kappa shape index (κ1) is 22.9. The van der Waals surface area contributed by atoms with Gasteiger partial charge in [0, 0.05) is 0 Å². The van der Waals surface area contributed by atoms with Crippen molar-refractivity contribution >= 4 is 11.8 Å². The van der Waals surface area contributed by atoms with E-state index in [4.69, 9.17) is 0 Å². The average molecular weight is 369 g/mol. The molecule has 1 fully saturated rings. The van der Waals surface area contributed by atoms with Gasteiger partial charge in [0.2, 0.25) is 11.8 Å². The van der Waals surface area contributed by atoms with Gasteiger partial charge in [-0.2, -0.15) is 0 Å². The Hall–Kier alpha value is -1.14. The number of carbonyl (C=O) groups is 2. The monoisotopic (exact) mass is 368 g/mol. The van der Waals surface area contributed by atoms with Crippen LogP contribution in [0.5, 0.6) is 0 Å². The second-order valence-electron chi connectivity index (χ2n) is 7.17. The smallest absolute Gasteiger partial charge is 0.243 e. The van der Waals surface area contributed by atoms with Gasteiger partial charge in [0.15, 0.2) is 0 Å². The van der Waals surface area contributed by atoms with Gasteiger partial charge in [-0.05, 0) is 77.8 Å². The molecule has 26 heavy (non-hydrogen) atoms. The highest BCUT2D eigenvalue weighted by Gasteiger charge is 2.32. The summed E-state index contributed by atoms with van der Waals surface area (Å²) in [6.07, 6.45) is 5.51.